The summed E-state index contributed by atoms with van der Waals surface area (Å²) in [6.45, 7) is 4.60. The van der Waals surface area contributed by atoms with Crippen LogP contribution in [0, 0.1) is 34.7 Å². The summed E-state index contributed by atoms with van der Waals surface area (Å²) in [6, 6.07) is 2.53. The molecule has 0 heterocycles. The van der Waals surface area contributed by atoms with E-state index in [9.17, 15) is 14.5 Å². The van der Waals surface area contributed by atoms with Crippen LogP contribution in [0.25, 0.3) is 0 Å². The van der Waals surface area contributed by atoms with Crippen LogP contribution in [0.4, 0.5) is 15.8 Å². The molecule has 1 aliphatic rings. The number of hydrogen-bond donors (Lipinski definition) is 1. The van der Waals surface area contributed by atoms with Crippen molar-refractivity contribution in [2.75, 3.05) is 11.9 Å². The zero-order valence-corrected chi connectivity index (χ0v) is 12.0. The molecule has 0 radical (unpaired) electrons. The lowest BCUT2D eigenvalue weighted by molar-refractivity contribution is -0.384. The van der Waals surface area contributed by atoms with Gasteiger partial charge in [0.2, 0.25) is 0 Å². The van der Waals surface area contributed by atoms with Gasteiger partial charge in [0, 0.05) is 6.54 Å². The van der Waals surface area contributed by atoms with Gasteiger partial charge in [-0.15, -0.1) is 0 Å². The van der Waals surface area contributed by atoms with Crippen LogP contribution in [-0.4, -0.2) is 11.5 Å². The molecule has 110 valence electrons. The molecule has 0 unspecified atom stereocenters. The summed E-state index contributed by atoms with van der Waals surface area (Å²) >= 11 is 0. The maximum absolute atomic E-state index is 13.4. The highest BCUT2D eigenvalue weighted by Crippen LogP contribution is 2.31. The third-order valence-electron chi connectivity index (χ3n) is 4.19. The molecule has 1 aliphatic carbocycles. The highest BCUT2D eigenvalue weighted by Gasteiger charge is 2.21. The lowest BCUT2D eigenvalue weighted by Crippen LogP contribution is -2.20. The Kier molecular flexibility index (Phi) is 4.57. The summed E-state index contributed by atoms with van der Waals surface area (Å²) in [5, 5.41) is 14.1. The fourth-order valence-corrected chi connectivity index (χ4v) is 2.75. The van der Waals surface area contributed by atoms with Gasteiger partial charge in [0.25, 0.3) is 5.69 Å². The molecule has 1 aromatic carbocycles. The molecule has 0 spiro atoms. The van der Waals surface area contributed by atoms with Crippen molar-refractivity contribution in [3.8, 4) is 0 Å². The maximum atomic E-state index is 13.4. The van der Waals surface area contributed by atoms with Crippen LogP contribution >= 0.6 is 0 Å². The molecule has 0 bridgehead atoms. The molecule has 0 amide bonds. The first-order chi connectivity index (χ1) is 9.47. The molecule has 20 heavy (non-hydrogen) atoms. The standard InChI is InChI=1S/C15H21FN2O2/c1-10-3-5-12(6-4-10)9-17-14-7-11(2)13(16)8-15(14)18(19)20/h7-8,10,12,17H,3-6,9H2,1-2H3. The molecule has 2 rings (SSSR count). The second-order valence-corrected chi connectivity index (χ2v) is 5.88. The summed E-state index contributed by atoms with van der Waals surface area (Å²) in [5.41, 5.74) is 0.667. The quantitative estimate of drug-likeness (QED) is 0.661. The molecule has 0 aromatic heterocycles. The molecule has 1 fully saturated rings. The van der Waals surface area contributed by atoms with E-state index in [1.54, 1.807) is 6.92 Å². The number of hydrogen-bond acceptors (Lipinski definition) is 3. The number of nitro benzene ring substituents is 1. The van der Waals surface area contributed by atoms with E-state index in [0.717, 1.165) is 31.4 Å². The van der Waals surface area contributed by atoms with Crippen molar-refractivity contribution < 1.29 is 9.31 Å². The SMILES string of the molecule is Cc1cc(NCC2CCC(C)CC2)c([N+](=O)[O-])cc1F. The highest BCUT2D eigenvalue weighted by atomic mass is 19.1. The average Bonchev–Trinajstić information content (AvgIpc) is 2.41. The molecule has 0 atom stereocenters. The van der Waals surface area contributed by atoms with Crippen LogP contribution < -0.4 is 5.32 Å². The Hall–Kier alpha value is -1.65. The van der Waals surface area contributed by atoms with Gasteiger partial charge in [0.1, 0.15) is 11.5 Å². The number of nitro groups is 1. The fraction of sp³-hybridized carbons (Fsp3) is 0.600. The highest BCUT2D eigenvalue weighted by molar-refractivity contribution is 5.63. The van der Waals surface area contributed by atoms with E-state index in [1.165, 1.54) is 18.9 Å². The van der Waals surface area contributed by atoms with Crippen molar-refractivity contribution in [2.24, 2.45) is 11.8 Å². The van der Waals surface area contributed by atoms with Gasteiger partial charge < -0.3 is 5.32 Å². The Morgan fingerprint density at radius 1 is 1.35 bits per heavy atom. The third-order valence-corrected chi connectivity index (χ3v) is 4.19. The zero-order chi connectivity index (χ0) is 14.7. The molecule has 4 nitrogen and oxygen atoms in total. The molecule has 5 heteroatoms. The average molecular weight is 280 g/mol. The van der Waals surface area contributed by atoms with Gasteiger partial charge in [0.15, 0.2) is 0 Å². The Balaban J connectivity index is 2.05. The van der Waals surface area contributed by atoms with Crippen molar-refractivity contribution in [2.45, 2.75) is 39.5 Å². The van der Waals surface area contributed by atoms with Crippen molar-refractivity contribution in [1.29, 1.82) is 0 Å². The van der Waals surface area contributed by atoms with E-state index in [1.807, 2.05) is 0 Å². The summed E-state index contributed by atoms with van der Waals surface area (Å²) in [6.07, 6.45) is 4.75. The Bertz CT molecular complexity index is 497. The molecular weight excluding hydrogens is 259 g/mol. The lowest BCUT2D eigenvalue weighted by atomic mass is 9.83. The van der Waals surface area contributed by atoms with Gasteiger partial charge in [-0.25, -0.2) is 4.39 Å². The number of aryl methyl sites for hydroxylation is 1. The van der Waals surface area contributed by atoms with E-state index in [4.69, 9.17) is 0 Å². The van der Waals surface area contributed by atoms with Crippen molar-refractivity contribution in [3.63, 3.8) is 0 Å². The monoisotopic (exact) mass is 280 g/mol. The second-order valence-electron chi connectivity index (χ2n) is 5.88. The summed E-state index contributed by atoms with van der Waals surface area (Å²) < 4.78 is 13.4. The predicted octanol–water partition coefficient (Wildman–Crippen LogP) is 4.28. The molecule has 1 N–H and O–H groups in total. The van der Waals surface area contributed by atoms with Crippen molar-refractivity contribution in [3.05, 3.63) is 33.6 Å². The number of anilines is 1. The van der Waals surface area contributed by atoms with Crippen molar-refractivity contribution in [1.82, 2.24) is 0 Å². The Morgan fingerprint density at radius 3 is 2.60 bits per heavy atom. The number of nitrogens with zero attached hydrogens (tertiary/aromatic N) is 1. The van der Waals surface area contributed by atoms with E-state index in [0.29, 0.717) is 17.2 Å². The van der Waals surface area contributed by atoms with Crippen LogP contribution in [0.1, 0.15) is 38.2 Å². The van der Waals surface area contributed by atoms with Gasteiger partial charge in [-0.3, -0.25) is 10.1 Å². The van der Waals surface area contributed by atoms with Gasteiger partial charge in [-0.2, -0.15) is 0 Å². The van der Waals surface area contributed by atoms with Crippen molar-refractivity contribution >= 4 is 11.4 Å². The largest absolute Gasteiger partial charge is 0.379 e. The Labute approximate surface area is 118 Å². The van der Waals surface area contributed by atoms with E-state index in [-0.39, 0.29) is 5.69 Å². The van der Waals surface area contributed by atoms with Gasteiger partial charge in [-0.05, 0) is 43.2 Å². The minimum Gasteiger partial charge on any atom is -0.379 e. The molecule has 1 saturated carbocycles. The van der Waals surface area contributed by atoms with Crippen LogP contribution in [0.3, 0.4) is 0 Å². The normalized spacial score (nSPS) is 22.6. The fourth-order valence-electron chi connectivity index (χ4n) is 2.75. The Morgan fingerprint density at radius 2 is 2.00 bits per heavy atom. The van der Waals surface area contributed by atoms with Crippen LogP contribution in [0.5, 0.6) is 0 Å². The first-order valence-electron chi connectivity index (χ1n) is 7.15. The number of rotatable bonds is 4. The van der Waals surface area contributed by atoms with E-state index < -0.39 is 10.7 Å². The van der Waals surface area contributed by atoms with Gasteiger partial charge in [0.05, 0.1) is 11.0 Å². The van der Waals surface area contributed by atoms with Gasteiger partial charge >= 0.3 is 0 Å². The van der Waals surface area contributed by atoms with E-state index >= 15 is 0 Å². The first-order valence-corrected chi connectivity index (χ1v) is 7.15. The smallest absolute Gasteiger partial charge is 0.295 e. The molecular formula is C15H21FN2O2. The zero-order valence-electron chi connectivity index (χ0n) is 12.0. The lowest BCUT2D eigenvalue weighted by Gasteiger charge is -2.26. The third kappa shape index (κ3) is 3.46. The number of halogens is 1. The minimum atomic E-state index is -0.534. The summed E-state index contributed by atoms with van der Waals surface area (Å²) in [4.78, 5) is 10.4. The molecule has 1 aromatic rings. The topological polar surface area (TPSA) is 55.2 Å². The van der Waals surface area contributed by atoms with Crippen LogP contribution in [0.2, 0.25) is 0 Å². The first kappa shape index (κ1) is 14.8. The molecule has 0 aliphatic heterocycles. The van der Waals surface area contributed by atoms with Gasteiger partial charge in [-0.1, -0.05) is 19.8 Å². The van der Waals surface area contributed by atoms with E-state index in [2.05, 4.69) is 12.2 Å². The second kappa shape index (κ2) is 6.20. The van der Waals surface area contributed by atoms with Crippen LogP contribution in [0.15, 0.2) is 12.1 Å². The molecule has 0 saturated heterocycles. The summed E-state index contributed by atoms with van der Waals surface area (Å²) in [5.74, 6) is 0.804. The minimum absolute atomic E-state index is 0.183. The predicted molar refractivity (Wildman–Crippen MR) is 77.4 cm³/mol. The van der Waals surface area contributed by atoms with Crippen LogP contribution in [-0.2, 0) is 0 Å². The summed E-state index contributed by atoms with van der Waals surface area (Å²) in [7, 11) is 0. The number of benzene rings is 1. The maximum Gasteiger partial charge on any atom is 0.295 e. The number of nitrogens with one attached hydrogen (secondary N) is 1.